The van der Waals surface area contributed by atoms with E-state index in [2.05, 4.69) is 17.4 Å². The fourth-order valence-corrected chi connectivity index (χ4v) is 1.99. The second-order valence-electron chi connectivity index (χ2n) is 5.10. The molecule has 110 valence electrons. The summed E-state index contributed by atoms with van der Waals surface area (Å²) in [5.41, 5.74) is 2.38. The van der Waals surface area contributed by atoms with E-state index in [-0.39, 0.29) is 5.91 Å². The molecule has 0 heterocycles. The Hall–Kier alpha value is -2.29. The average Bonchev–Trinajstić information content (AvgIpc) is 2.50. The maximum atomic E-state index is 12.0. The van der Waals surface area contributed by atoms with Crippen LogP contribution in [0.25, 0.3) is 0 Å². The van der Waals surface area contributed by atoms with Crippen LogP contribution in [0, 0.1) is 6.92 Å². The lowest BCUT2D eigenvalue weighted by atomic mass is 10.1. The van der Waals surface area contributed by atoms with Crippen molar-refractivity contribution in [1.29, 1.82) is 0 Å². The van der Waals surface area contributed by atoms with Crippen molar-refractivity contribution in [1.82, 2.24) is 5.32 Å². The number of aryl methyl sites for hydroxylation is 1. The van der Waals surface area contributed by atoms with Crippen molar-refractivity contribution in [2.24, 2.45) is 0 Å². The van der Waals surface area contributed by atoms with Gasteiger partial charge in [-0.3, -0.25) is 4.79 Å². The molecule has 0 bridgehead atoms. The van der Waals surface area contributed by atoms with Crippen molar-refractivity contribution in [2.45, 2.75) is 26.4 Å². The molecule has 0 spiro atoms. The minimum absolute atomic E-state index is 0.0912. The van der Waals surface area contributed by atoms with Crippen LogP contribution in [-0.2, 0) is 11.2 Å². The Labute approximate surface area is 126 Å². The molecule has 0 saturated heterocycles. The summed E-state index contributed by atoms with van der Waals surface area (Å²) in [6.45, 7) is 4.39. The van der Waals surface area contributed by atoms with Crippen LogP contribution in [0.3, 0.4) is 0 Å². The number of carbonyl (C=O) groups is 1. The average molecular weight is 283 g/mol. The third-order valence-corrected chi connectivity index (χ3v) is 3.26. The van der Waals surface area contributed by atoms with E-state index in [4.69, 9.17) is 4.74 Å². The maximum Gasteiger partial charge on any atom is 0.260 e. The molecule has 0 unspecified atom stereocenters. The van der Waals surface area contributed by atoms with E-state index in [1.807, 2.05) is 49.4 Å². The van der Waals surface area contributed by atoms with Crippen molar-refractivity contribution in [2.75, 3.05) is 6.54 Å². The van der Waals surface area contributed by atoms with Gasteiger partial charge in [-0.2, -0.15) is 0 Å². The second kappa shape index (κ2) is 7.48. The molecule has 0 aliphatic carbocycles. The largest absolute Gasteiger partial charge is 0.481 e. The summed E-state index contributed by atoms with van der Waals surface area (Å²) in [4.78, 5) is 12.0. The summed E-state index contributed by atoms with van der Waals surface area (Å²) in [5.74, 6) is 0.623. The summed E-state index contributed by atoms with van der Waals surface area (Å²) in [6, 6.07) is 17.8. The fourth-order valence-electron chi connectivity index (χ4n) is 1.99. The first-order chi connectivity index (χ1) is 10.1. The Bertz CT molecular complexity index is 564. The van der Waals surface area contributed by atoms with Gasteiger partial charge < -0.3 is 10.1 Å². The summed E-state index contributed by atoms with van der Waals surface area (Å²) >= 11 is 0. The minimum atomic E-state index is -0.497. The van der Waals surface area contributed by atoms with E-state index in [1.54, 1.807) is 6.92 Å². The first-order valence-electron chi connectivity index (χ1n) is 7.20. The predicted molar refractivity (Wildman–Crippen MR) is 84.4 cm³/mol. The molecule has 2 aromatic carbocycles. The van der Waals surface area contributed by atoms with Crippen molar-refractivity contribution in [3.05, 3.63) is 65.7 Å². The number of rotatable bonds is 6. The highest BCUT2D eigenvalue weighted by Crippen LogP contribution is 2.13. The van der Waals surface area contributed by atoms with Crippen LogP contribution < -0.4 is 10.1 Å². The quantitative estimate of drug-likeness (QED) is 0.884. The summed E-state index contributed by atoms with van der Waals surface area (Å²) < 4.78 is 5.62. The molecule has 0 saturated carbocycles. The van der Waals surface area contributed by atoms with Gasteiger partial charge in [0.25, 0.3) is 5.91 Å². The Morgan fingerprint density at radius 3 is 2.43 bits per heavy atom. The van der Waals surface area contributed by atoms with Gasteiger partial charge >= 0.3 is 0 Å². The fraction of sp³-hybridized carbons (Fsp3) is 0.278. The molecular weight excluding hydrogens is 262 g/mol. The van der Waals surface area contributed by atoms with Gasteiger partial charge in [-0.1, -0.05) is 48.0 Å². The van der Waals surface area contributed by atoms with Gasteiger partial charge in [-0.15, -0.1) is 0 Å². The summed E-state index contributed by atoms with van der Waals surface area (Å²) in [6.07, 6.45) is 0.326. The smallest absolute Gasteiger partial charge is 0.260 e. The normalized spacial score (nSPS) is 11.7. The summed E-state index contributed by atoms with van der Waals surface area (Å²) in [5, 5.41) is 2.90. The van der Waals surface area contributed by atoms with Crippen LogP contribution >= 0.6 is 0 Å². The van der Waals surface area contributed by atoms with Crippen LogP contribution in [0.15, 0.2) is 54.6 Å². The van der Waals surface area contributed by atoms with Crippen LogP contribution in [0.2, 0.25) is 0 Å². The standard InChI is InChI=1S/C18H21NO2/c1-14-8-10-17(11-9-14)21-15(2)18(20)19-13-12-16-6-4-3-5-7-16/h3-11,15H,12-13H2,1-2H3,(H,19,20)/t15-/m1/s1. The van der Waals surface area contributed by atoms with Crippen molar-refractivity contribution < 1.29 is 9.53 Å². The van der Waals surface area contributed by atoms with Gasteiger partial charge in [0.1, 0.15) is 5.75 Å². The molecule has 0 fully saturated rings. The van der Waals surface area contributed by atoms with Gasteiger partial charge in [0.2, 0.25) is 0 Å². The van der Waals surface area contributed by atoms with E-state index in [0.29, 0.717) is 12.3 Å². The van der Waals surface area contributed by atoms with Gasteiger partial charge in [0.05, 0.1) is 0 Å². The van der Waals surface area contributed by atoms with Gasteiger partial charge in [-0.25, -0.2) is 0 Å². The molecule has 1 atom stereocenters. The van der Waals surface area contributed by atoms with Crippen LogP contribution in [0.4, 0.5) is 0 Å². The van der Waals surface area contributed by atoms with Crippen molar-refractivity contribution in [3.63, 3.8) is 0 Å². The minimum Gasteiger partial charge on any atom is -0.481 e. The maximum absolute atomic E-state index is 12.0. The van der Waals surface area contributed by atoms with Crippen LogP contribution in [0.1, 0.15) is 18.1 Å². The SMILES string of the molecule is Cc1ccc(O[C@H](C)C(=O)NCCc2ccccc2)cc1. The third kappa shape index (κ3) is 4.95. The Morgan fingerprint density at radius 1 is 1.10 bits per heavy atom. The number of benzene rings is 2. The first kappa shape index (κ1) is 15.1. The number of nitrogens with one attached hydrogen (secondary N) is 1. The van der Waals surface area contributed by atoms with Gasteiger partial charge in [0.15, 0.2) is 6.10 Å². The van der Waals surface area contributed by atoms with Crippen molar-refractivity contribution in [3.8, 4) is 5.75 Å². The Morgan fingerprint density at radius 2 is 1.76 bits per heavy atom. The van der Waals surface area contributed by atoms with Crippen molar-refractivity contribution >= 4 is 5.91 Å². The molecule has 0 aliphatic heterocycles. The molecule has 3 nitrogen and oxygen atoms in total. The first-order valence-corrected chi connectivity index (χ1v) is 7.20. The lowest BCUT2D eigenvalue weighted by Crippen LogP contribution is -2.37. The molecule has 2 aromatic rings. The molecule has 0 aliphatic rings. The topological polar surface area (TPSA) is 38.3 Å². The lowest BCUT2D eigenvalue weighted by Gasteiger charge is -2.14. The number of carbonyl (C=O) groups excluding carboxylic acids is 1. The highest BCUT2D eigenvalue weighted by molar-refractivity contribution is 5.80. The molecule has 3 heteroatoms. The van der Waals surface area contributed by atoms with E-state index in [0.717, 1.165) is 6.42 Å². The van der Waals surface area contributed by atoms with Crippen LogP contribution in [0.5, 0.6) is 5.75 Å². The van der Waals surface area contributed by atoms with E-state index >= 15 is 0 Å². The zero-order chi connectivity index (χ0) is 15.1. The van der Waals surface area contributed by atoms with Gasteiger partial charge in [0, 0.05) is 6.54 Å². The molecule has 2 rings (SSSR count). The third-order valence-electron chi connectivity index (χ3n) is 3.26. The number of hydrogen-bond acceptors (Lipinski definition) is 2. The zero-order valence-corrected chi connectivity index (χ0v) is 12.5. The monoisotopic (exact) mass is 283 g/mol. The van der Waals surface area contributed by atoms with E-state index in [9.17, 15) is 4.79 Å². The highest BCUT2D eigenvalue weighted by Gasteiger charge is 2.13. The molecular formula is C18H21NO2. The zero-order valence-electron chi connectivity index (χ0n) is 12.5. The van der Waals surface area contributed by atoms with E-state index < -0.39 is 6.10 Å². The predicted octanol–water partition coefficient (Wildman–Crippen LogP) is 3.12. The number of hydrogen-bond donors (Lipinski definition) is 1. The Kier molecular flexibility index (Phi) is 5.38. The molecule has 1 N–H and O–H groups in total. The number of ether oxygens (including phenoxy) is 1. The lowest BCUT2D eigenvalue weighted by molar-refractivity contribution is -0.127. The van der Waals surface area contributed by atoms with Gasteiger partial charge in [-0.05, 0) is 38.0 Å². The molecule has 0 aromatic heterocycles. The Balaban J connectivity index is 1.76. The second-order valence-corrected chi connectivity index (χ2v) is 5.10. The number of amides is 1. The van der Waals surface area contributed by atoms with Crippen LogP contribution in [-0.4, -0.2) is 18.6 Å². The molecule has 21 heavy (non-hydrogen) atoms. The molecule has 1 amide bonds. The molecule has 0 radical (unpaired) electrons. The highest BCUT2D eigenvalue weighted by atomic mass is 16.5. The summed E-state index contributed by atoms with van der Waals surface area (Å²) in [7, 11) is 0. The van der Waals surface area contributed by atoms with E-state index in [1.165, 1.54) is 11.1 Å².